The van der Waals surface area contributed by atoms with E-state index >= 15 is 0 Å². The van der Waals surface area contributed by atoms with Crippen LogP contribution in [-0.2, 0) is 20.6 Å². The second-order valence-corrected chi connectivity index (χ2v) is 7.16. The van der Waals surface area contributed by atoms with Gasteiger partial charge in [0.25, 0.3) is 0 Å². The number of hydrogen-bond donors (Lipinski definition) is 0. The van der Waals surface area contributed by atoms with Crippen LogP contribution in [0.2, 0.25) is 0 Å². The Kier molecular flexibility index (Phi) is 4.55. The fourth-order valence-corrected chi connectivity index (χ4v) is 3.21. The molecule has 2 aromatic carbocycles. The van der Waals surface area contributed by atoms with Crippen molar-refractivity contribution in [3.05, 3.63) is 29.8 Å². The molecule has 3 unspecified atom stereocenters. The summed E-state index contributed by atoms with van der Waals surface area (Å²) in [5, 5.41) is 2.03. The molecule has 0 amide bonds. The Hall–Kier alpha value is -2.02. The predicted molar refractivity (Wildman–Crippen MR) is 99.0 cm³/mol. The molecule has 0 radical (unpaired) electrons. The van der Waals surface area contributed by atoms with Crippen LogP contribution in [-0.4, -0.2) is 58.0 Å². The molecule has 3 fully saturated rings. The first kappa shape index (κ1) is 17.1. The van der Waals surface area contributed by atoms with Crippen molar-refractivity contribution in [2.24, 2.45) is 0 Å². The largest absolute Gasteiger partial charge is 0.490 e. The van der Waals surface area contributed by atoms with Crippen molar-refractivity contribution in [1.29, 1.82) is 0 Å². The molecule has 3 aliphatic rings. The van der Waals surface area contributed by atoms with Gasteiger partial charge in [-0.15, -0.1) is 0 Å². The molecule has 0 bridgehead atoms. The molecule has 0 aromatic heterocycles. The lowest BCUT2D eigenvalue weighted by atomic mass is 10.0. The van der Waals surface area contributed by atoms with Gasteiger partial charge in [-0.05, 0) is 6.42 Å². The third-order valence-electron chi connectivity index (χ3n) is 4.97. The van der Waals surface area contributed by atoms with Crippen molar-refractivity contribution in [2.75, 3.05) is 39.6 Å². The molecule has 144 valence electrons. The van der Waals surface area contributed by atoms with Gasteiger partial charge in [-0.3, -0.25) is 0 Å². The first-order chi connectivity index (χ1) is 13.3. The van der Waals surface area contributed by atoms with E-state index in [-0.39, 0.29) is 18.3 Å². The van der Waals surface area contributed by atoms with Gasteiger partial charge in [0.1, 0.15) is 43.9 Å². The number of benzene rings is 2. The smallest absolute Gasteiger partial charge is 0.169 e. The van der Waals surface area contributed by atoms with Gasteiger partial charge in [0.05, 0.1) is 19.8 Å². The maximum absolute atomic E-state index is 6.20. The molecule has 3 aliphatic heterocycles. The van der Waals surface area contributed by atoms with Crippen LogP contribution >= 0.6 is 0 Å². The van der Waals surface area contributed by atoms with E-state index in [1.54, 1.807) is 0 Å². The van der Waals surface area contributed by atoms with E-state index in [1.165, 1.54) is 0 Å². The van der Waals surface area contributed by atoms with Crippen LogP contribution in [0.25, 0.3) is 10.8 Å². The normalized spacial score (nSPS) is 25.3. The minimum atomic E-state index is 0.171. The van der Waals surface area contributed by atoms with E-state index in [1.807, 2.05) is 12.1 Å². The monoisotopic (exact) mass is 372 g/mol. The Bertz CT molecular complexity index is 823. The Morgan fingerprint density at radius 2 is 1.19 bits per heavy atom. The van der Waals surface area contributed by atoms with Gasteiger partial charge in [0.2, 0.25) is 0 Å². The highest BCUT2D eigenvalue weighted by Gasteiger charge is 2.30. The molecule has 0 saturated carbocycles. The van der Waals surface area contributed by atoms with Crippen molar-refractivity contribution in [3.63, 3.8) is 0 Å². The Morgan fingerprint density at radius 1 is 0.741 bits per heavy atom. The third-order valence-corrected chi connectivity index (χ3v) is 4.97. The molecular weight excluding hydrogens is 348 g/mol. The number of hydrogen-bond acceptors (Lipinski definition) is 6. The van der Waals surface area contributed by atoms with Gasteiger partial charge >= 0.3 is 0 Å². The van der Waals surface area contributed by atoms with Gasteiger partial charge < -0.3 is 28.4 Å². The van der Waals surface area contributed by atoms with Gasteiger partial charge in [-0.25, -0.2) is 0 Å². The summed E-state index contributed by atoms with van der Waals surface area (Å²) in [6.45, 7) is 5.99. The lowest BCUT2D eigenvalue weighted by molar-refractivity contribution is 0.225. The van der Waals surface area contributed by atoms with Crippen LogP contribution in [0.5, 0.6) is 17.2 Å². The van der Waals surface area contributed by atoms with E-state index in [4.69, 9.17) is 28.4 Å². The molecule has 0 aliphatic carbocycles. The molecule has 2 aromatic rings. The van der Waals surface area contributed by atoms with E-state index in [0.717, 1.165) is 59.8 Å². The third kappa shape index (κ3) is 3.83. The standard InChI is InChI=1S/C21H24O6/c1-2-16-19(25-10-13-7-22-13)17-5-3-4-6-18(17)21(27-12-15-9-24-15)20(16)26-11-14-8-23-14/h3-6,13-15H,2,7-12H2,1H3. The van der Waals surface area contributed by atoms with Crippen LogP contribution in [0.3, 0.4) is 0 Å². The van der Waals surface area contributed by atoms with Crippen molar-refractivity contribution >= 4 is 10.8 Å². The molecule has 3 heterocycles. The molecule has 6 heteroatoms. The summed E-state index contributed by atoms with van der Waals surface area (Å²) >= 11 is 0. The van der Waals surface area contributed by atoms with Gasteiger partial charge in [0, 0.05) is 16.3 Å². The first-order valence-electron chi connectivity index (χ1n) is 9.64. The number of ether oxygens (including phenoxy) is 6. The Labute approximate surface area is 158 Å². The fourth-order valence-electron chi connectivity index (χ4n) is 3.21. The fraction of sp³-hybridized carbons (Fsp3) is 0.524. The molecule has 27 heavy (non-hydrogen) atoms. The van der Waals surface area contributed by atoms with Crippen molar-refractivity contribution in [3.8, 4) is 17.2 Å². The first-order valence-corrected chi connectivity index (χ1v) is 9.64. The van der Waals surface area contributed by atoms with Crippen molar-refractivity contribution in [2.45, 2.75) is 31.7 Å². The quantitative estimate of drug-likeness (QED) is 0.598. The van der Waals surface area contributed by atoms with Crippen LogP contribution in [0.15, 0.2) is 24.3 Å². The predicted octanol–water partition coefficient (Wildman–Crippen LogP) is 2.74. The summed E-state index contributed by atoms with van der Waals surface area (Å²) in [5.74, 6) is 2.40. The average Bonchev–Trinajstić information content (AvgIpc) is 3.56. The summed E-state index contributed by atoms with van der Waals surface area (Å²) in [5.41, 5.74) is 1.03. The molecule has 5 rings (SSSR count). The zero-order valence-corrected chi connectivity index (χ0v) is 15.4. The topological polar surface area (TPSA) is 65.3 Å². The Morgan fingerprint density at radius 3 is 1.67 bits per heavy atom. The van der Waals surface area contributed by atoms with E-state index in [2.05, 4.69) is 19.1 Å². The summed E-state index contributed by atoms with van der Waals surface area (Å²) in [4.78, 5) is 0. The number of epoxide rings is 3. The highest BCUT2D eigenvalue weighted by atomic mass is 16.6. The zero-order valence-electron chi connectivity index (χ0n) is 15.4. The molecule has 0 N–H and O–H groups in total. The van der Waals surface area contributed by atoms with Crippen LogP contribution in [0, 0.1) is 0 Å². The van der Waals surface area contributed by atoms with Crippen molar-refractivity contribution in [1.82, 2.24) is 0 Å². The maximum atomic E-state index is 6.20. The van der Waals surface area contributed by atoms with Crippen LogP contribution in [0.1, 0.15) is 12.5 Å². The van der Waals surface area contributed by atoms with E-state index in [9.17, 15) is 0 Å². The number of fused-ring (bicyclic) bond motifs is 1. The highest BCUT2D eigenvalue weighted by molar-refractivity contribution is 5.97. The molecule has 3 atom stereocenters. The maximum Gasteiger partial charge on any atom is 0.169 e. The summed E-state index contributed by atoms with van der Waals surface area (Å²) in [6, 6.07) is 8.16. The SMILES string of the molecule is CCc1c(OCC2CO2)c(OCC2CO2)c2ccccc2c1OCC1CO1. The minimum absolute atomic E-state index is 0.171. The molecule has 0 spiro atoms. The molecular formula is C21H24O6. The highest BCUT2D eigenvalue weighted by Crippen LogP contribution is 2.47. The van der Waals surface area contributed by atoms with Gasteiger partial charge in [0.15, 0.2) is 11.5 Å². The lowest BCUT2D eigenvalue weighted by Gasteiger charge is -2.22. The number of rotatable bonds is 10. The molecule has 3 saturated heterocycles. The minimum Gasteiger partial charge on any atom is -0.490 e. The van der Waals surface area contributed by atoms with E-state index in [0.29, 0.717) is 19.8 Å². The van der Waals surface area contributed by atoms with Crippen LogP contribution < -0.4 is 14.2 Å². The second kappa shape index (κ2) is 7.19. The summed E-state index contributed by atoms with van der Waals surface area (Å²) in [7, 11) is 0. The lowest BCUT2D eigenvalue weighted by Crippen LogP contribution is -2.13. The average molecular weight is 372 g/mol. The zero-order chi connectivity index (χ0) is 18.2. The summed E-state index contributed by atoms with van der Waals surface area (Å²) in [6.07, 6.45) is 1.32. The summed E-state index contributed by atoms with van der Waals surface area (Å²) < 4.78 is 34.6. The molecule has 6 nitrogen and oxygen atoms in total. The Balaban J connectivity index is 1.57. The van der Waals surface area contributed by atoms with E-state index < -0.39 is 0 Å². The van der Waals surface area contributed by atoms with Crippen LogP contribution in [0.4, 0.5) is 0 Å². The van der Waals surface area contributed by atoms with Crippen molar-refractivity contribution < 1.29 is 28.4 Å². The van der Waals surface area contributed by atoms with Gasteiger partial charge in [-0.1, -0.05) is 31.2 Å². The van der Waals surface area contributed by atoms with Gasteiger partial charge in [-0.2, -0.15) is 0 Å². The second-order valence-electron chi connectivity index (χ2n) is 7.16.